The highest BCUT2D eigenvalue weighted by atomic mass is 32.2. The average Bonchev–Trinajstić information content (AvgIpc) is 2.53. The van der Waals surface area contributed by atoms with E-state index in [0.29, 0.717) is 13.2 Å². The Morgan fingerprint density at radius 3 is 2.38 bits per heavy atom. The maximum Gasteiger partial charge on any atom is 0.308 e. The summed E-state index contributed by atoms with van der Waals surface area (Å²) >= 11 is 0. The second kappa shape index (κ2) is 12.4. The van der Waals surface area contributed by atoms with Gasteiger partial charge in [-0.2, -0.15) is 0 Å². The van der Waals surface area contributed by atoms with Crippen LogP contribution in [0.5, 0.6) is 0 Å². The molecule has 0 radical (unpaired) electrons. The number of allylic oxidation sites excluding steroid dienone is 2. The van der Waals surface area contributed by atoms with E-state index in [1.807, 2.05) is 0 Å². The third-order valence-corrected chi connectivity index (χ3v) is 4.79. The number of rotatable bonds is 11. The Bertz CT molecular complexity index is 649. The lowest BCUT2D eigenvalue weighted by Crippen LogP contribution is -2.40. The first kappa shape index (κ1) is 24.1. The van der Waals surface area contributed by atoms with Gasteiger partial charge in [0.15, 0.2) is 0 Å². The zero-order valence-corrected chi connectivity index (χ0v) is 16.9. The van der Waals surface area contributed by atoms with E-state index in [1.54, 1.807) is 26.0 Å². The molecule has 0 saturated carbocycles. The van der Waals surface area contributed by atoms with Gasteiger partial charge in [-0.3, -0.25) is 9.59 Å². The van der Waals surface area contributed by atoms with Gasteiger partial charge in [0.05, 0.1) is 18.1 Å². The minimum absolute atomic E-state index is 0.0806. The molecule has 0 heterocycles. The van der Waals surface area contributed by atoms with Crippen LogP contribution < -0.4 is 0 Å². The molecule has 0 rings (SSSR count). The van der Waals surface area contributed by atoms with Crippen molar-refractivity contribution in [2.75, 3.05) is 13.2 Å². The fourth-order valence-corrected chi connectivity index (χ4v) is 3.33. The van der Waals surface area contributed by atoms with Crippen LogP contribution >= 0.6 is 0 Å². The summed E-state index contributed by atoms with van der Waals surface area (Å²) in [5, 5.41) is 0.842. The summed E-state index contributed by atoms with van der Waals surface area (Å²) in [6.45, 7) is 8.63. The average molecular weight is 387 g/mol. The molecule has 0 aliphatic rings. The number of carbonyl (C=O) groups is 2. The van der Waals surface area contributed by atoms with Gasteiger partial charge in [0.25, 0.3) is 10.0 Å². The molecule has 1 amide bonds. The minimum Gasteiger partial charge on any atom is -0.427 e. The van der Waals surface area contributed by atoms with Crippen LogP contribution in [-0.2, 0) is 29.1 Å². The predicted octanol–water partition coefficient (Wildman–Crippen LogP) is 2.91. The highest BCUT2D eigenvalue weighted by Gasteiger charge is 2.26. The van der Waals surface area contributed by atoms with Gasteiger partial charge in [-0.25, -0.2) is 12.7 Å². The van der Waals surface area contributed by atoms with E-state index in [1.165, 1.54) is 19.9 Å². The van der Waals surface area contributed by atoms with Crippen LogP contribution in [0.3, 0.4) is 0 Å². The summed E-state index contributed by atoms with van der Waals surface area (Å²) in [5.41, 5.74) is 0. The number of unbranched alkanes of at least 4 members (excludes halogenated alkanes) is 1. The number of nitrogens with zero attached hydrogens (tertiary/aromatic N) is 1. The molecule has 0 aromatic rings. The van der Waals surface area contributed by atoms with Crippen LogP contribution in [0.15, 0.2) is 35.5 Å². The summed E-state index contributed by atoms with van der Waals surface area (Å²) in [4.78, 5) is 22.8. The maximum atomic E-state index is 12.5. The topological polar surface area (TPSA) is 90.0 Å². The highest BCUT2D eigenvalue weighted by molar-refractivity contribution is 7.92. The molecule has 0 aliphatic heterocycles. The van der Waals surface area contributed by atoms with Crippen molar-refractivity contribution in [2.24, 2.45) is 0 Å². The standard InChI is InChI=1S/C18H29NO6S/c1-6-8-12-24-13-9-10-15(3)19(16(4)20)26(22,23)14-11-18(7-2)25-17(5)21/h7,9-11,14-15H,6,8,12-13H2,1-5H3/b10-9-,14-11+,18-7-/t15-/m1/s1. The van der Waals surface area contributed by atoms with Crippen LogP contribution in [-0.4, -0.2) is 43.9 Å². The van der Waals surface area contributed by atoms with Gasteiger partial charge in [0.1, 0.15) is 5.76 Å². The fourth-order valence-electron chi connectivity index (χ4n) is 2.00. The molecule has 7 nitrogen and oxygen atoms in total. The second-order valence-corrected chi connectivity index (χ2v) is 7.24. The predicted molar refractivity (Wildman–Crippen MR) is 100 cm³/mol. The van der Waals surface area contributed by atoms with Crippen molar-refractivity contribution in [3.05, 3.63) is 35.5 Å². The van der Waals surface area contributed by atoms with E-state index in [-0.39, 0.29) is 5.76 Å². The highest BCUT2D eigenvalue weighted by Crippen LogP contribution is 2.13. The van der Waals surface area contributed by atoms with Crippen molar-refractivity contribution in [3.63, 3.8) is 0 Å². The lowest BCUT2D eigenvalue weighted by molar-refractivity contribution is -0.136. The Morgan fingerprint density at radius 1 is 1.23 bits per heavy atom. The van der Waals surface area contributed by atoms with Gasteiger partial charge in [-0.1, -0.05) is 25.5 Å². The van der Waals surface area contributed by atoms with Gasteiger partial charge in [0.2, 0.25) is 5.91 Å². The monoisotopic (exact) mass is 387 g/mol. The summed E-state index contributed by atoms with van der Waals surface area (Å²) < 4.78 is 35.9. The molecule has 148 valence electrons. The third kappa shape index (κ3) is 9.53. The number of hydrogen-bond donors (Lipinski definition) is 0. The smallest absolute Gasteiger partial charge is 0.308 e. The van der Waals surface area contributed by atoms with Crippen molar-refractivity contribution in [3.8, 4) is 0 Å². The summed E-state index contributed by atoms with van der Waals surface area (Å²) in [6, 6.07) is -0.681. The van der Waals surface area contributed by atoms with Crippen molar-refractivity contribution < 1.29 is 27.5 Å². The molecule has 0 aliphatic carbocycles. The Kier molecular flexibility index (Phi) is 11.5. The first-order chi connectivity index (χ1) is 12.2. The van der Waals surface area contributed by atoms with Crippen LogP contribution in [0, 0.1) is 0 Å². The van der Waals surface area contributed by atoms with Crippen LogP contribution in [0.2, 0.25) is 0 Å². The van der Waals surface area contributed by atoms with Crippen molar-refractivity contribution in [2.45, 2.75) is 53.5 Å². The molecule has 0 unspecified atom stereocenters. The number of carbonyl (C=O) groups excluding carboxylic acids is 2. The molecule has 0 fully saturated rings. The molecule has 0 bridgehead atoms. The van der Waals surface area contributed by atoms with Gasteiger partial charge >= 0.3 is 5.97 Å². The van der Waals surface area contributed by atoms with E-state index in [4.69, 9.17) is 9.47 Å². The number of amides is 1. The number of ether oxygens (including phenoxy) is 2. The van der Waals surface area contributed by atoms with E-state index in [9.17, 15) is 18.0 Å². The van der Waals surface area contributed by atoms with E-state index < -0.39 is 27.9 Å². The van der Waals surface area contributed by atoms with Crippen molar-refractivity contribution in [1.29, 1.82) is 0 Å². The fraction of sp³-hybridized carbons (Fsp3) is 0.556. The molecule has 8 heteroatoms. The zero-order chi connectivity index (χ0) is 20.2. The van der Waals surface area contributed by atoms with Gasteiger partial charge in [-0.05, 0) is 32.4 Å². The molecule has 0 aromatic heterocycles. The summed E-state index contributed by atoms with van der Waals surface area (Å²) in [5.74, 6) is -1.10. The van der Waals surface area contributed by atoms with Crippen LogP contribution in [0.25, 0.3) is 0 Å². The molecule has 0 aromatic carbocycles. The minimum atomic E-state index is -4.03. The quantitative estimate of drug-likeness (QED) is 0.178. The first-order valence-electron chi connectivity index (χ1n) is 8.47. The lowest BCUT2D eigenvalue weighted by Gasteiger charge is -2.23. The Labute approximate surface area is 156 Å². The van der Waals surface area contributed by atoms with Crippen LogP contribution in [0.4, 0.5) is 0 Å². The van der Waals surface area contributed by atoms with Gasteiger partial charge in [0, 0.05) is 20.5 Å². The SMILES string of the molecule is C/C=C(/C=C/S(=O)(=O)N(C(C)=O)[C@H](C)/C=C\COCCCC)OC(C)=O. The molecule has 26 heavy (non-hydrogen) atoms. The Hall–Kier alpha value is -1.93. The lowest BCUT2D eigenvalue weighted by atomic mass is 10.3. The van der Waals surface area contributed by atoms with Crippen molar-refractivity contribution in [1.82, 2.24) is 4.31 Å². The molecule has 1 atom stereocenters. The molecule has 0 N–H and O–H groups in total. The van der Waals surface area contributed by atoms with Gasteiger partial charge in [-0.15, -0.1) is 0 Å². The number of sulfonamides is 1. The number of hydrogen-bond acceptors (Lipinski definition) is 6. The maximum absolute atomic E-state index is 12.5. The largest absolute Gasteiger partial charge is 0.427 e. The molecular weight excluding hydrogens is 358 g/mol. The van der Waals surface area contributed by atoms with E-state index >= 15 is 0 Å². The summed E-state index contributed by atoms with van der Waals surface area (Å²) in [6.07, 6.45) is 7.86. The second-order valence-electron chi connectivity index (χ2n) is 5.54. The zero-order valence-electron chi connectivity index (χ0n) is 16.1. The first-order valence-corrected chi connectivity index (χ1v) is 9.98. The van der Waals surface area contributed by atoms with Crippen LogP contribution in [0.1, 0.15) is 47.5 Å². The molecular formula is C18H29NO6S. The number of esters is 1. The molecule has 0 saturated heterocycles. The third-order valence-electron chi connectivity index (χ3n) is 3.18. The Morgan fingerprint density at radius 2 is 1.88 bits per heavy atom. The Balaban J connectivity index is 5.12. The van der Waals surface area contributed by atoms with Gasteiger partial charge < -0.3 is 9.47 Å². The summed E-state index contributed by atoms with van der Waals surface area (Å²) in [7, 11) is -4.03. The molecule has 0 spiro atoms. The van der Waals surface area contributed by atoms with E-state index in [0.717, 1.165) is 28.6 Å². The normalized spacial score (nSPS) is 14.0. The van der Waals surface area contributed by atoms with E-state index in [2.05, 4.69) is 6.92 Å². The van der Waals surface area contributed by atoms with Crippen molar-refractivity contribution >= 4 is 21.9 Å².